The van der Waals surface area contributed by atoms with Crippen LogP contribution in [-0.4, -0.2) is 14.7 Å². The first kappa shape index (κ1) is 9.79. The number of hydrogen-bond donors (Lipinski definition) is 1. The Hall–Kier alpha value is -1.30. The molecule has 0 bridgehead atoms. The van der Waals surface area contributed by atoms with E-state index in [0.717, 1.165) is 0 Å². The molecule has 0 saturated carbocycles. The average Bonchev–Trinajstić information content (AvgIpc) is 2.03. The van der Waals surface area contributed by atoms with Gasteiger partial charge < -0.3 is 0 Å². The van der Waals surface area contributed by atoms with Gasteiger partial charge in [-0.05, 0) is 6.07 Å². The third-order valence-corrected chi connectivity index (χ3v) is 2.13. The first-order valence-electron chi connectivity index (χ1n) is 3.15. The fourth-order valence-electron chi connectivity index (χ4n) is 0.784. The van der Waals surface area contributed by atoms with Crippen LogP contribution in [0.25, 0.3) is 0 Å². The fourth-order valence-corrected chi connectivity index (χ4v) is 1.27. The Bertz CT molecular complexity index is 418. The van der Waals surface area contributed by atoms with Crippen LogP contribution in [0, 0.1) is 11.6 Å². The number of benzene rings is 1. The van der Waals surface area contributed by atoms with Gasteiger partial charge >= 0.3 is 0 Å². The van der Waals surface area contributed by atoms with Gasteiger partial charge in [0.1, 0.15) is 16.5 Å². The largest absolute Gasteiger partial charge is 0.298 e. The topological polar surface area (TPSA) is 51.2 Å². The number of carbonyl (C=O) groups is 1. The molecule has 1 rings (SSSR count). The molecule has 0 aliphatic carbocycles. The summed E-state index contributed by atoms with van der Waals surface area (Å²) in [7, 11) is -3.15. The number of rotatable bonds is 2. The van der Waals surface area contributed by atoms with Crippen LogP contribution in [0.15, 0.2) is 17.0 Å². The molecule has 0 spiro atoms. The lowest BCUT2D eigenvalue weighted by Gasteiger charge is -1.97. The molecule has 70 valence electrons. The summed E-state index contributed by atoms with van der Waals surface area (Å²) in [5.41, 5.74) is -0.476. The Kier molecular flexibility index (Phi) is 2.72. The van der Waals surface area contributed by atoms with Crippen LogP contribution >= 0.6 is 0 Å². The van der Waals surface area contributed by atoms with Crippen LogP contribution in [0.1, 0.15) is 10.4 Å². The number of aldehydes is 1. The van der Waals surface area contributed by atoms with Crippen molar-refractivity contribution in [2.75, 3.05) is 0 Å². The van der Waals surface area contributed by atoms with E-state index < -0.39 is 32.8 Å². The van der Waals surface area contributed by atoms with Crippen LogP contribution in [-0.2, 0) is 10.7 Å². The van der Waals surface area contributed by atoms with Crippen molar-refractivity contribution < 1.29 is 22.0 Å². The molecule has 0 fully saturated rings. The molecular weight excluding hydrogens is 202 g/mol. The fraction of sp³-hybridized carbons (Fsp3) is 0. The van der Waals surface area contributed by atoms with Crippen molar-refractivity contribution in [3.8, 4) is 0 Å². The van der Waals surface area contributed by atoms with Gasteiger partial charge in [0.15, 0.2) is 17.0 Å². The second-order valence-electron chi connectivity index (χ2n) is 2.20. The Morgan fingerprint density at radius 1 is 1.15 bits per heavy atom. The van der Waals surface area contributed by atoms with E-state index in [1.54, 1.807) is 0 Å². The normalized spacial score (nSPS) is 10.4. The molecule has 6 heteroatoms. The summed E-state index contributed by atoms with van der Waals surface area (Å²) in [4.78, 5) is 9.47. The van der Waals surface area contributed by atoms with E-state index in [2.05, 4.69) is 0 Å². The monoisotopic (exact) mass is 206 g/mol. The maximum absolute atomic E-state index is 12.7. The van der Waals surface area contributed by atoms with Crippen molar-refractivity contribution in [1.82, 2.24) is 0 Å². The minimum atomic E-state index is -3.15. The summed E-state index contributed by atoms with van der Waals surface area (Å²) in [6.45, 7) is 0. The third kappa shape index (κ3) is 1.89. The van der Waals surface area contributed by atoms with Crippen molar-refractivity contribution in [1.29, 1.82) is 0 Å². The highest BCUT2D eigenvalue weighted by atomic mass is 32.2. The summed E-state index contributed by atoms with van der Waals surface area (Å²) in [5, 5.41) is 0. The Labute approximate surface area is 73.9 Å². The highest BCUT2D eigenvalue weighted by molar-refractivity contribution is 7.72. The highest BCUT2D eigenvalue weighted by Gasteiger charge is 2.10. The lowest BCUT2D eigenvalue weighted by Crippen LogP contribution is -1.95. The zero-order valence-electron chi connectivity index (χ0n) is 6.16. The lowest BCUT2D eigenvalue weighted by atomic mass is 10.2. The van der Waals surface area contributed by atoms with Gasteiger partial charge in [0.05, 0.1) is 5.56 Å². The minimum absolute atomic E-state index is 0.122. The molecule has 13 heavy (non-hydrogen) atoms. The zero-order chi connectivity index (χ0) is 10.0. The van der Waals surface area contributed by atoms with E-state index in [1.165, 1.54) is 0 Å². The maximum Gasteiger partial charge on any atom is 0.171 e. The van der Waals surface area contributed by atoms with Gasteiger partial charge in [0, 0.05) is 6.07 Å². The summed E-state index contributed by atoms with van der Waals surface area (Å²) >= 11 is 0. The van der Waals surface area contributed by atoms with Crippen LogP contribution in [0.2, 0.25) is 0 Å². The van der Waals surface area contributed by atoms with Gasteiger partial charge in [-0.2, -0.15) is 0 Å². The molecule has 0 aliphatic heterocycles. The predicted octanol–water partition coefficient (Wildman–Crippen LogP) is 0.748. The van der Waals surface area contributed by atoms with Gasteiger partial charge in [0.2, 0.25) is 0 Å². The summed E-state index contributed by atoms with van der Waals surface area (Å²) in [6, 6.07) is 1.02. The molecule has 0 aromatic heterocycles. The number of halogens is 2. The molecule has 0 aliphatic rings. The van der Waals surface area contributed by atoms with Gasteiger partial charge in [-0.3, -0.25) is 4.79 Å². The minimum Gasteiger partial charge on any atom is -0.298 e. The first-order chi connectivity index (χ1) is 6.06. The van der Waals surface area contributed by atoms with E-state index in [4.69, 9.17) is 0 Å². The molecule has 3 nitrogen and oxygen atoms in total. The van der Waals surface area contributed by atoms with Crippen LogP contribution in [0.3, 0.4) is 0 Å². The van der Waals surface area contributed by atoms with E-state index >= 15 is 0 Å². The van der Waals surface area contributed by atoms with Crippen LogP contribution in [0.5, 0.6) is 0 Å². The van der Waals surface area contributed by atoms with Gasteiger partial charge in [-0.15, -0.1) is 0 Å². The van der Waals surface area contributed by atoms with Gasteiger partial charge in [0.25, 0.3) is 0 Å². The third-order valence-electron chi connectivity index (χ3n) is 1.39. The van der Waals surface area contributed by atoms with Gasteiger partial charge in [-0.25, -0.2) is 17.2 Å². The van der Waals surface area contributed by atoms with Crippen molar-refractivity contribution >= 4 is 17.0 Å². The number of carbonyl (C=O) groups excluding carboxylic acids is 1. The molecule has 1 aromatic carbocycles. The molecule has 0 unspecified atom stereocenters. The number of thiol groups is 1. The van der Waals surface area contributed by atoms with Crippen molar-refractivity contribution in [3.05, 3.63) is 29.3 Å². The SMILES string of the molecule is O=Cc1cc([SH](=O)=O)c(F)cc1F. The summed E-state index contributed by atoms with van der Waals surface area (Å²) < 4.78 is 46.0. The molecule has 0 heterocycles. The van der Waals surface area contributed by atoms with Crippen molar-refractivity contribution in [2.24, 2.45) is 0 Å². The quantitative estimate of drug-likeness (QED) is 0.573. The Morgan fingerprint density at radius 3 is 2.23 bits per heavy atom. The lowest BCUT2D eigenvalue weighted by molar-refractivity contribution is 0.111. The van der Waals surface area contributed by atoms with E-state index in [9.17, 15) is 22.0 Å². The second-order valence-corrected chi connectivity index (χ2v) is 3.20. The summed E-state index contributed by atoms with van der Waals surface area (Å²) in [5.74, 6) is -2.27. The molecule has 0 saturated heterocycles. The van der Waals surface area contributed by atoms with Crippen molar-refractivity contribution in [2.45, 2.75) is 4.90 Å². The Morgan fingerprint density at radius 2 is 1.77 bits per heavy atom. The molecule has 1 aromatic rings. The van der Waals surface area contributed by atoms with E-state index in [0.29, 0.717) is 12.1 Å². The van der Waals surface area contributed by atoms with Gasteiger partial charge in [-0.1, -0.05) is 0 Å². The second kappa shape index (κ2) is 3.61. The van der Waals surface area contributed by atoms with Crippen molar-refractivity contribution in [3.63, 3.8) is 0 Å². The zero-order valence-corrected chi connectivity index (χ0v) is 7.05. The molecular formula is C7H4F2O3S. The predicted molar refractivity (Wildman–Crippen MR) is 40.3 cm³/mol. The summed E-state index contributed by atoms with van der Waals surface area (Å²) in [6.07, 6.45) is 0.122. The molecule has 0 radical (unpaired) electrons. The standard InChI is InChI=1S/C7H4F2O3S/c8-5-2-6(9)7(13(11)12)1-4(5)3-10/h1-3,13H. The van der Waals surface area contributed by atoms with E-state index in [-0.39, 0.29) is 6.29 Å². The highest BCUT2D eigenvalue weighted by Crippen LogP contribution is 2.14. The molecule has 0 atom stereocenters. The molecule has 0 amide bonds. The van der Waals surface area contributed by atoms with E-state index in [1.807, 2.05) is 0 Å². The maximum atomic E-state index is 12.7. The Balaban J connectivity index is 3.47. The number of hydrogen-bond acceptors (Lipinski definition) is 3. The first-order valence-corrected chi connectivity index (χ1v) is 4.32. The average molecular weight is 206 g/mol. The molecule has 0 N–H and O–H groups in total. The smallest absolute Gasteiger partial charge is 0.171 e. The van der Waals surface area contributed by atoms with Crippen LogP contribution in [0.4, 0.5) is 8.78 Å². The van der Waals surface area contributed by atoms with Crippen LogP contribution < -0.4 is 0 Å².